The van der Waals surface area contributed by atoms with E-state index in [1.54, 1.807) is 30.3 Å². The second kappa shape index (κ2) is 8.16. The quantitative estimate of drug-likeness (QED) is 0.563. The third-order valence-corrected chi connectivity index (χ3v) is 4.30. The lowest BCUT2D eigenvalue weighted by atomic mass is 10.2. The molecule has 0 saturated carbocycles. The number of carbonyl (C=O) groups is 2. The van der Waals surface area contributed by atoms with Crippen LogP contribution in [0.2, 0.25) is 5.02 Å². The molecule has 0 spiro atoms. The Balaban J connectivity index is 1.82. The lowest BCUT2D eigenvalue weighted by molar-refractivity contribution is -0.123. The van der Waals surface area contributed by atoms with Gasteiger partial charge in [0, 0.05) is 8.59 Å². The van der Waals surface area contributed by atoms with Gasteiger partial charge < -0.3 is 4.74 Å². The van der Waals surface area contributed by atoms with Gasteiger partial charge in [-0.1, -0.05) is 23.7 Å². The number of halogens is 2. The van der Waals surface area contributed by atoms with E-state index in [2.05, 4.69) is 33.4 Å². The molecule has 0 fully saturated rings. The van der Waals surface area contributed by atoms with Gasteiger partial charge >= 0.3 is 0 Å². The zero-order chi connectivity index (χ0) is 16.8. The van der Waals surface area contributed by atoms with Crippen LogP contribution in [0.4, 0.5) is 0 Å². The Morgan fingerprint density at radius 3 is 2.61 bits per heavy atom. The number of amides is 2. The summed E-state index contributed by atoms with van der Waals surface area (Å²) in [6.07, 6.45) is 0. The van der Waals surface area contributed by atoms with Gasteiger partial charge in [-0.2, -0.15) is 0 Å². The van der Waals surface area contributed by atoms with Crippen molar-refractivity contribution in [3.63, 3.8) is 0 Å². The normalized spacial score (nSPS) is 10.0. The fraction of sp³-hybridized carbons (Fsp3) is 0.125. The van der Waals surface area contributed by atoms with Crippen molar-refractivity contribution in [2.75, 3.05) is 6.61 Å². The number of ether oxygens (including phenoxy) is 1. The molecule has 0 aromatic heterocycles. The summed E-state index contributed by atoms with van der Waals surface area (Å²) in [6.45, 7) is 1.63. The van der Waals surface area contributed by atoms with Crippen molar-refractivity contribution in [3.05, 3.63) is 62.2 Å². The Hall–Kier alpha value is -1.80. The predicted molar refractivity (Wildman–Crippen MR) is 96.5 cm³/mol. The fourth-order valence-electron chi connectivity index (χ4n) is 1.73. The summed E-state index contributed by atoms with van der Waals surface area (Å²) in [5, 5.41) is 0.631. The third-order valence-electron chi connectivity index (χ3n) is 2.93. The number of hydrogen-bond donors (Lipinski definition) is 2. The van der Waals surface area contributed by atoms with Crippen LogP contribution in [0, 0.1) is 10.5 Å². The van der Waals surface area contributed by atoms with Gasteiger partial charge in [0.15, 0.2) is 6.61 Å². The zero-order valence-corrected chi connectivity index (χ0v) is 15.1. The Kier molecular flexibility index (Phi) is 6.23. The summed E-state index contributed by atoms with van der Waals surface area (Å²) in [6, 6.07) is 12.2. The van der Waals surface area contributed by atoms with E-state index in [9.17, 15) is 9.59 Å². The zero-order valence-electron chi connectivity index (χ0n) is 12.2. The maximum atomic E-state index is 11.9. The molecule has 23 heavy (non-hydrogen) atoms. The SMILES string of the molecule is Cc1cc(OCC(=O)NNC(=O)c2ccccc2I)ccc1Cl. The van der Waals surface area contributed by atoms with Gasteiger partial charge in [-0.3, -0.25) is 20.4 Å². The van der Waals surface area contributed by atoms with E-state index in [1.165, 1.54) is 0 Å². The molecule has 0 unspecified atom stereocenters. The van der Waals surface area contributed by atoms with Crippen LogP contribution >= 0.6 is 34.2 Å². The highest BCUT2D eigenvalue weighted by molar-refractivity contribution is 14.1. The maximum absolute atomic E-state index is 11.9. The number of carbonyl (C=O) groups excluding carboxylic acids is 2. The van der Waals surface area contributed by atoms with E-state index in [1.807, 2.05) is 19.1 Å². The van der Waals surface area contributed by atoms with Gasteiger partial charge in [0.25, 0.3) is 11.8 Å². The first-order valence-corrected chi connectivity index (χ1v) is 8.15. The molecule has 5 nitrogen and oxygen atoms in total. The van der Waals surface area contributed by atoms with Crippen LogP contribution in [0.5, 0.6) is 5.75 Å². The minimum Gasteiger partial charge on any atom is -0.484 e. The predicted octanol–water partition coefficient (Wildman–Crippen LogP) is 3.09. The lowest BCUT2D eigenvalue weighted by Gasteiger charge is -2.10. The summed E-state index contributed by atoms with van der Waals surface area (Å²) in [7, 11) is 0. The third kappa shape index (κ3) is 5.11. The van der Waals surface area contributed by atoms with Crippen molar-refractivity contribution in [1.29, 1.82) is 0 Å². The highest BCUT2D eigenvalue weighted by Crippen LogP contribution is 2.20. The van der Waals surface area contributed by atoms with E-state index in [0.717, 1.165) is 9.13 Å². The van der Waals surface area contributed by atoms with Gasteiger partial charge in [0.2, 0.25) is 0 Å². The number of hydrazine groups is 1. The van der Waals surface area contributed by atoms with Crippen molar-refractivity contribution in [3.8, 4) is 5.75 Å². The molecule has 2 aromatic carbocycles. The first-order valence-electron chi connectivity index (χ1n) is 6.70. The molecule has 0 heterocycles. The van der Waals surface area contributed by atoms with Crippen LogP contribution in [0.1, 0.15) is 15.9 Å². The number of hydrogen-bond acceptors (Lipinski definition) is 3. The summed E-state index contributed by atoms with van der Waals surface area (Å²) in [5.74, 6) is -0.312. The summed E-state index contributed by atoms with van der Waals surface area (Å²) >= 11 is 7.97. The molecule has 2 amide bonds. The smallest absolute Gasteiger partial charge is 0.276 e. The van der Waals surface area contributed by atoms with E-state index < -0.39 is 5.91 Å². The fourth-order valence-corrected chi connectivity index (χ4v) is 2.48. The van der Waals surface area contributed by atoms with Crippen molar-refractivity contribution in [2.45, 2.75) is 6.92 Å². The number of rotatable bonds is 4. The van der Waals surface area contributed by atoms with Crippen molar-refractivity contribution in [2.24, 2.45) is 0 Å². The molecule has 0 saturated heterocycles. The molecular formula is C16H14ClIN2O3. The van der Waals surface area contributed by atoms with E-state index in [4.69, 9.17) is 16.3 Å². The molecular weight excluding hydrogens is 431 g/mol. The average molecular weight is 445 g/mol. The van der Waals surface area contributed by atoms with Gasteiger partial charge in [-0.05, 0) is 65.4 Å². The summed E-state index contributed by atoms with van der Waals surface area (Å²) in [4.78, 5) is 23.7. The van der Waals surface area contributed by atoms with Crippen molar-refractivity contribution < 1.29 is 14.3 Å². The van der Waals surface area contributed by atoms with Crippen LogP contribution < -0.4 is 15.6 Å². The molecule has 7 heteroatoms. The van der Waals surface area contributed by atoms with Crippen LogP contribution in [0.3, 0.4) is 0 Å². The van der Waals surface area contributed by atoms with Crippen LogP contribution in [0.25, 0.3) is 0 Å². The Bertz CT molecular complexity index is 737. The number of nitrogens with one attached hydrogen (secondary N) is 2. The lowest BCUT2D eigenvalue weighted by Crippen LogP contribution is -2.44. The molecule has 120 valence electrons. The first-order chi connectivity index (χ1) is 11.0. The van der Waals surface area contributed by atoms with Gasteiger partial charge in [-0.15, -0.1) is 0 Å². The average Bonchev–Trinajstić information content (AvgIpc) is 2.54. The van der Waals surface area contributed by atoms with Crippen LogP contribution in [-0.2, 0) is 4.79 Å². The van der Waals surface area contributed by atoms with Gasteiger partial charge in [-0.25, -0.2) is 0 Å². The molecule has 0 aliphatic heterocycles. The highest BCUT2D eigenvalue weighted by atomic mass is 127. The summed E-state index contributed by atoms with van der Waals surface area (Å²) < 4.78 is 6.14. The molecule has 0 aliphatic rings. The number of aryl methyl sites for hydroxylation is 1. The molecule has 2 rings (SSSR count). The minimum absolute atomic E-state index is 0.215. The first kappa shape index (κ1) is 17.6. The molecule has 0 atom stereocenters. The summed E-state index contributed by atoms with van der Waals surface area (Å²) in [5.41, 5.74) is 6.01. The van der Waals surface area contributed by atoms with E-state index in [0.29, 0.717) is 16.3 Å². The molecule has 2 aromatic rings. The van der Waals surface area contributed by atoms with Crippen molar-refractivity contribution >= 4 is 46.0 Å². The van der Waals surface area contributed by atoms with Crippen molar-refractivity contribution in [1.82, 2.24) is 10.9 Å². The monoisotopic (exact) mass is 444 g/mol. The maximum Gasteiger partial charge on any atom is 0.276 e. The van der Waals surface area contributed by atoms with E-state index >= 15 is 0 Å². The molecule has 2 N–H and O–H groups in total. The van der Waals surface area contributed by atoms with E-state index in [-0.39, 0.29) is 12.5 Å². The molecule has 0 bridgehead atoms. The largest absolute Gasteiger partial charge is 0.484 e. The molecule has 0 aliphatic carbocycles. The Morgan fingerprint density at radius 1 is 1.17 bits per heavy atom. The second-order valence-corrected chi connectivity index (χ2v) is 6.25. The second-order valence-electron chi connectivity index (χ2n) is 4.68. The Labute approximate surface area is 152 Å². The minimum atomic E-state index is -0.461. The highest BCUT2D eigenvalue weighted by Gasteiger charge is 2.10. The van der Waals surface area contributed by atoms with Gasteiger partial charge in [0.1, 0.15) is 5.75 Å². The topological polar surface area (TPSA) is 67.4 Å². The molecule has 0 radical (unpaired) electrons. The van der Waals surface area contributed by atoms with Gasteiger partial charge in [0.05, 0.1) is 5.56 Å². The number of benzene rings is 2. The van der Waals surface area contributed by atoms with Crippen LogP contribution in [-0.4, -0.2) is 18.4 Å². The van der Waals surface area contributed by atoms with Crippen LogP contribution in [0.15, 0.2) is 42.5 Å². The Morgan fingerprint density at radius 2 is 1.91 bits per heavy atom. The standard InChI is InChI=1S/C16H14ClIN2O3/c1-10-8-11(6-7-13(10)17)23-9-15(21)19-20-16(22)12-4-2-3-5-14(12)18/h2-8H,9H2,1H3,(H,19,21)(H,20,22).